The molecule has 1 heterocycles. The molecule has 134 valence electrons. The van der Waals surface area contributed by atoms with Crippen LogP contribution in [0.15, 0.2) is 12.1 Å². The summed E-state index contributed by atoms with van der Waals surface area (Å²) >= 11 is 5.64. The summed E-state index contributed by atoms with van der Waals surface area (Å²) in [7, 11) is 0.942. The number of halogens is 7. The number of aromatic nitrogens is 1. The molecule has 2 N–H and O–H groups in total. The molecule has 0 aliphatic heterocycles. The number of methoxy groups -OCH3 is 1. The Labute approximate surface area is 141 Å². The molecule has 1 aromatic heterocycles. The lowest BCUT2D eigenvalue weighted by Crippen LogP contribution is -2.12. The Hall–Kier alpha value is -2.49. The van der Waals surface area contributed by atoms with Gasteiger partial charge in [-0.2, -0.15) is 13.2 Å². The third-order valence-electron chi connectivity index (χ3n) is 3.11. The van der Waals surface area contributed by atoms with Crippen LogP contribution in [-0.4, -0.2) is 18.1 Å². The fourth-order valence-electron chi connectivity index (χ4n) is 1.92. The van der Waals surface area contributed by atoms with Crippen molar-refractivity contribution in [1.29, 1.82) is 0 Å². The number of ether oxygens (including phenoxy) is 1. The minimum atomic E-state index is -5.16. The number of alkyl halides is 3. The summed E-state index contributed by atoms with van der Waals surface area (Å²) in [6.07, 6.45) is -5.16. The molecule has 0 atom stereocenters. The molecule has 2 aromatic rings. The second-order valence-electron chi connectivity index (χ2n) is 4.65. The highest BCUT2D eigenvalue weighted by atomic mass is 35.5. The summed E-state index contributed by atoms with van der Waals surface area (Å²) in [4.78, 5) is 15.0. The fourth-order valence-corrected chi connectivity index (χ4v) is 2.12. The standard InChI is InChI=1S/C14H7ClF6N2O2/c1-25-13(24)12-8(15)10(22)9(18)11(23-12)4-2-7(17)5(3-6(4)16)14(19,20)21/h2-3H,1H3,(H2,22,23). The lowest BCUT2D eigenvalue weighted by Gasteiger charge is -2.13. The molecule has 0 radical (unpaired) electrons. The molecule has 11 heteroatoms. The number of carbonyl (C=O) groups excluding carboxylic acids is 1. The van der Waals surface area contributed by atoms with Gasteiger partial charge < -0.3 is 10.5 Å². The maximum absolute atomic E-state index is 14.2. The van der Waals surface area contributed by atoms with Crippen molar-refractivity contribution < 1.29 is 35.9 Å². The number of anilines is 1. The van der Waals surface area contributed by atoms with E-state index in [4.69, 9.17) is 17.3 Å². The van der Waals surface area contributed by atoms with Gasteiger partial charge in [0.2, 0.25) is 0 Å². The molecule has 4 nitrogen and oxygen atoms in total. The van der Waals surface area contributed by atoms with Crippen LogP contribution in [0.2, 0.25) is 5.02 Å². The number of nitrogen functional groups attached to an aromatic ring is 1. The Kier molecular flexibility index (Phi) is 4.85. The van der Waals surface area contributed by atoms with Gasteiger partial charge in [0.1, 0.15) is 17.3 Å². The fraction of sp³-hybridized carbons (Fsp3) is 0.143. The normalized spacial score (nSPS) is 11.5. The Morgan fingerprint density at radius 3 is 2.32 bits per heavy atom. The molecule has 0 spiro atoms. The van der Waals surface area contributed by atoms with E-state index >= 15 is 0 Å². The van der Waals surface area contributed by atoms with Gasteiger partial charge in [-0.05, 0) is 12.1 Å². The molecule has 0 fully saturated rings. The van der Waals surface area contributed by atoms with Crippen molar-refractivity contribution in [3.8, 4) is 11.3 Å². The first-order chi connectivity index (χ1) is 11.5. The third kappa shape index (κ3) is 3.34. The Bertz CT molecular complexity index is 870. The van der Waals surface area contributed by atoms with Crippen LogP contribution in [0, 0.1) is 17.5 Å². The maximum Gasteiger partial charge on any atom is 0.419 e. The number of benzene rings is 1. The quantitative estimate of drug-likeness (QED) is 0.622. The summed E-state index contributed by atoms with van der Waals surface area (Å²) in [5, 5.41) is -0.638. The SMILES string of the molecule is COC(=O)c1nc(-c2cc(F)c(C(F)(F)F)cc2F)c(F)c(N)c1Cl. The van der Waals surface area contributed by atoms with E-state index in [0.717, 1.165) is 7.11 Å². The van der Waals surface area contributed by atoms with Crippen molar-refractivity contribution in [1.82, 2.24) is 4.98 Å². The van der Waals surface area contributed by atoms with Gasteiger partial charge in [0.15, 0.2) is 11.5 Å². The number of hydrogen-bond acceptors (Lipinski definition) is 4. The van der Waals surface area contributed by atoms with Crippen LogP contribution in [0.1, 0.15) is 16.1 Å². The van der Waals surface area contributed by atoms with E-state index in [9.17, 15) is 31.1 Å². The van der Waals surface area contributed by atoms with Crippen molar-refractivity contribution in [2.45, 2.75) is 6.18 Å². The van der Waals surface area contributed by atoms with Crippen molar-refractivity contribution in [2.24, 2.45) is 0 Å². The average molecular weight is 385 g/mol. The van der Waals surface area contributed by atoms with E-state index in [1.807, 2.05) is 0 Å². The number of nitrogens with zero attached hydrogens (tertiary/aromatic N) is 1. The molecule has 25 heavy (non-hydrogen) atoms. The number of pyridine rings is 1. The van der Waals surface area contributed by atoms with Gasteiger partial charge in [-0.15, -0.1) is 0 Å². The Balaban J connectivity index is 2.77. The number of nitrogens with two attached hydrogens (primary N) is 1. The van der Waals surface area contributed by atoms with E-state index in [-0.39, 0.29) is 12.1 Å². The van der Waals surface area contributed by atoms with Gasteiger partial charge in [0.05, 0.1) is 23.4 Å². The first kappa shape index (κ1) is 18.8. The van der Waals surface area contributed by atoms with Crippen molar-refractivity contribution in [2.75, 3.05) is 12.8 Å². The average Bonchev–Trinajstić information content (AvgIpc) is 2.53. The van der Waals surface area contributed by atoms with E-state index in [1.165, 1.54) is 0 Å². The summed E-state index contributed by atoms with van der Waals surface area (Å²) in [6.45, 7) is 0. The second kappa shape index (κ2) is 6.43. The first-order valence-corrected chi connectivity index (χ1v) is 6.66. The Morgan fingerprint density at radius 2 is 1.80 bits per heavy atom. The molecule has 0 aliphatic carbocycles. The van der Waals surface area contributed by atoms with Crippen LogP contribution in [0.4, 0.5) is 32.0 Å². The maximum atomic E-state index is 14.2. The molecule has 0 saturated heterocycles. The predicted octanol–water partition coefficient (Wildman–Crippen LogP) is 4.21. The first-order valence-electron chi connectivity index (χ1n) is 6.28. The number of carbonyl (C=O) groups is 1. The minimum Gasteiger partial charge on any atom is -0.464 e. The molecule has 0 amide bonds. The lowest BCUT2D eigenvalue weighted by atomic mass is 10.0. The molecular formula is C14H7ClF6N2O2. The van der Waals surface area contributed by atoms with Crippen molar-refractivity contribution in [3.63, 3.8) is 0 Å². The molecule has 1 aromatic carbocycles. The molecule has 0 aliphatic rings. The zero-order valence-corrected chi connectivity index (χ0v) is 12.9. The summed E-state index contributed by atoms with van der Waals surface area (Å²) < 4.78 is 84.0. The van der Waals surface area contributed by atoms with E-state index in [1.54, 1.807) is 0 Å². The molecule has 2 rings (SSSR count). The Morgan fingerprint density at radius 1 is 1.20 bits per heavy atom. The zero-order valence-electron chi connectivity index (χ0n) is 12.1. The number of hydrogen-bond donors (Lipinski definition) is 1. The van der Waals surface area contributed by atoms with E-state index in [0.29, 0.717) is 0 Å². The molecular weight excluding hydrogens is 378 g/mol. The topological polar surface area (TPSA) is 65.2 Å². The van der Waals surface area contributed by atoms with Crippen LogP contribution in [0.3, 0.4) is 0 Å². The number of esters is 1. The smallest absolute Gasteiger partial charge is 0.419 e. The van der Waals surface area contributed by atoms with E-state index in [2.05, 4.69) is 9.72 Å². The summed E-state index contributed by atoms with van der Waals surface area (Å²) in [5.41, 5.74) is -0.0413. The van der Waals surface area contributed by atoms with Gasteiger partial charge >= 0.3 is 12.1 Å². The highest BCUT2D eigenvalue weighted by molar-refractivity contribution is 6.35. The van der Waals surface area contributed by atoms with Crippen molar-refractivity contribution >= 4 is 23.3 Å². The summed E-state index contributed by atoms with van der Waals surface area (Å²) in [6, 6.07) is -0.0631. The van der Waals surface area contributed by atoms with Gasteiger partial charge in [-0.25, -0.2) is 22.9 Å². The lowest BCUT2D eigenvalue weighted by molar-refractivity contribution is -0.140. The summed E-state index contributed by atoms with van der Waals surface area (Å²) in [5.74, 6) is -6.09. The van der Waals surface area contributed by atoms with Gasteiger partial charge in [-0.3, -0.25) is 0 Å². The molecule has 0 unspecified atom stereocenters. The van der Waals surface area contributed by atoms with E-state index < -0.39 is 62.8 Å². The zero-order chi connectivity index (χ0) is 19.1. The van der Waals surface area contributed by atoms with Crippen LogP contribution in [-0.2, 0) is 10.9 Å². The minimum absolute atomic E-state index is 0.0952. The van der Waals surface area contributed by atoms with Crippen LogP contribution < -0.4 is 5.73 Å². The molecule has 0 bridgehead atoms. The monoisotopic (exact) mass is 384 g/mol. The van der Waals surface area contributed by atoms with Gasteiger partial charge in [0.25, 0.3) is 0 Å². The van der Waals surface area contributed by atoms with Gasteiger partial charge in [-0.1, -0.05) is 11.6 Å². The predicted molar refractivity (Wildman–Crippen MR) is 75.3 cm³/mol. The van der Waals surface area contributed by atoms with Crippen LogP contribution in [0.5, 0.6) is 0 Å². The highest BCUT2D eigenvalue weighted by Crippen LogP contribution is 2.37. The highest BCUT2D eigenvalue weighted by Gasteiger charge is 2.36. The van der Waals surface area contributed by atoms with Crippen molar-refractivity contribution in [3.05, 3.63) is 45.9 Å². The van der Waals surface area contributed by atoms with Crippen LogP contribution >= 0.6 is 11.6 Å². The van der Waals surface area contributed by atoms with Gasteiger partial charge in [0, 0.05) is 5.56 Å². The number of rotatable bonds is 2. The van der Waals surface area contributed by atoms with Crippen LogP contribution in [0.25, 0.3) is 11.3 Å². The second-order valence-corrected chi connectivity index (χ2v) is 5.03. The largest absolute Gasteiger partial charge is 0.464 e. The third-order valence-corrected chi connectivity index (χ3v) is 3.49. The molecule has 0 saturated carbocycles.